The van der Waals surface area contributed by atoms with Crippen molar-refractivity contribution in [1.82, 2.24) is 5.32 Å². The molecule has 0 bridgehead atoms. The van der Waals surface area contributed by atoms with Crippen LogP contribution >= 0.6 is 0 Å². The van der Waals surface area contributed by atoms with Crippen LogP contribution in [0.1, 0.15) is 25.3 Å². The first kappa shape index (κ1) is 18.0. The Balaban J connectivity index is 2.16. The largest absolute Gasteiger partial charge is 0.466 e. The highest BCUT2D eigenvalue weighted by molar-refractivity contribution is 5.75. The molecule has 1 amide bonds. The zero-order chi connectivity index (χ0) is 17.9. The van der Waals surface area contributed by atoms with E-state index in [-0.39, 0.29) is 30.1 Å². The van der Waals surface area contributed by atoms with Crippen LogP contribution in [0.5, 0.6) is 0 Å². The number of anilines is 1. The molecule has 1 N–H and O–H groups in total. The number of carbonyl (C=O) groups excluding carboxylic acids is 1. The summed E-state index contributed by atoms with van der Waals surface area (Å²) in [5.74, 6) is -4.11. The summed E-state index contributed by atoms with van der Waals surface area (Å²) in [4.78, 5) is 12.2. The first-order valence-electron chi connectivity index (χ1n) is 7.16. The van der Waals surface area contributed by atoms with E-state index in [1.165, 1.54) is 6.07 Å². The second-order valence-corrected chi connectivity index (χ2v) is 5.13. The van der Waals surface area contributed by atoms with Gasteiger partial charge in [0, 0.05) is 18.5 Å². The number of halogens is 5. The predicted molar refractivity (Wildman–Crippen MR) is 75.7 cm³/mol. The number of allylic oxidation sites excluding steroid dienone is 1. The minimum Gasteiger partial charge on any atom is -0.466 e. The molecule has 1 aromatic rings. The van der Waals surface area contributed by atoms with E-state index in [0.717, 1.165) is 11.0 Å². The van der Waals surface area contributed by atoms with E-state index in [4.69, 9.17) is 0 Å². The summed E-state index contributed by atoms with van der Waals surface area (Å²) in [5, 5.41) is 2.44. The van der Waals surface area contributed by atoms with E-state index in [1.807, 2.05) is 0 Å². The van der Waals surface area contributed by atoms with Gasteiger partial charge in [-0.2, -0.15) is 13.2 Å². The molecule has 1 aromatic carbocycles. The van der Waals surface area contributed by atoms with Crippen LogP contribution in [-0.2, 0) is 16.1 Å². The molecule has 132 valence electrons. The molecule has 0 radical (unpaired) electrons. The van der Waals surface area contributed by atoms with Gasteiger partial charge in [-0.3, -0.25) is 4.79 Å². The van der Waals surface area contributed by atoms with Crippen molar-refractivity contribution in [1.29, 1.82) is 0 Å². The van der Waals surface area contributed by atoms with Gasteiger partial charge in [-0.15, -0.1) is 0 Å². The Morgan fingerprint density at radius 3 is 2.58 bits per heavy atom. The fourth-order valence-corrected chi connectivity index (χ4v) is 2.10. The Morgan fingerprint density at radius 2 is 2.00 bits per heavy atom. The van der Waals surface area contributed by atoms with Gasteiger partial charge in [-0.1, -0.05) is 13.0 Å². The number of hydrogen-bond acceptors (Lipinski definition) is 3. The smallest absolute Gasteiger partial charge is 0.450 e. The molecule has 1 heterocycles. The number of rotatable bonds is 5. The van der Waals surface area contributed by atoms with Crippen LogP contribution in [0.3, 0.4) is 0 Å². The van der Waals surface area contributed by atoms with Crippen molar-refractivity contribution in [3.05, 3.63) is 41.3 Å². The van der Waals surface area contributed by atoms with Gasteiger partial charge < -0.3 is 15.0 Å². The molecule has 0 saturated carbocycles. The molecule has 0 aliphatic carbocycles. The highest BCUT2D eigenvalue weighted by Crippen LogP contribution is 2.34. The Kier molecular flexibility index (Phi) is 5.30. The molecule has 24 heavy (non-hydrogen) atoms. The lowest BCUT2D eigenvalue weighted by Gasteiger charge is -2.16. The summed E-state index contributed by atoms with van der Waals surface area (Å²) in [5.41, 5.74) is -0.476. The molecule has 0 unspecified atom stereocenters. The molecular weight excluding hydrogens is 335 g/mol. The highest BCUT2D eigenvalue weighted by atomic mass is 19.4. The van der Waals surface area contributed by atoms with Gasteiger partial charge in [0.2, 0.25) is 11.7 Å². The van der Waals surface area contributed by atoms with E-state index in [9.17, 15) is 26.7 Å². The quantitative estimate of drug-likeness (QED) is 0.826. The van der Waals surface area contributed by atoms with Crippen LogP contribution < -0.4 is 10.2 Å². The molecule has 0 spiro atoms. The highest BCUT2D eigenvalue weighted by Gasteiger charge is 2.40. The van der Waals surface area contributed by atoms with Gasteiger partial charge in [0.1, 0.15) is 0 Å². The predicted octanol–water partition coefficient (Wildman–Crippen LogP) is 3.58. The van der Waals surface area contributed by atoms with Crippen molar-refractivity contribution in [3.63, 3.8) is 0 Å². The second-order valence-electron chi connectivity index (χ2n) is 5.13. The number of alkyl halides is 3. The summed E-state index contributed by atoms with van der Waals surface area (Å²) in [6.07, 6.45) is -3.25. The van der Waals surface area contributed by atoms with Gasteiger partial charge in [0.05, 0.1) is 11.9 Å². The van der Waals surface area contributed by atoms with E-state index in [0.29, 0.717) is 12.6 Å². The Bertz CT molecular complexity index is 658. The maximum atomic E-state index is 14.1. The summed E-state index contributed by atoms with van der Waals surface area (Å²) in [6.45, 7) is 1.02. The lowest BCUT2D eigenvalue weighted by Crippen LogP contribution is -2.23. The van der Waals surface area contributed by atoms with Crippen LogP contribution in [0.4, 0.5) is 27.6 Å². The van der Waals surface area contributed by atoms with Crippen molar-refractivity contribution in [2.75, 3.05) is 11.6 Å². The Morgan fingerprint density at radius 1 is 1.29 bits per heavy atom. The number of nitrogens with one attached hydrogen (secondary N) is 1. The minimum atomic E-state index is -4.70. The number of amides is 1. The fraction of sp³-hybridized carbons (Fsp3) is 0.400. The SMILES string of the molecule is CCCC(=O)NCc1ccc(N2C=C(C(F)(F)F)OC2)c(F)c1F. The first-order chi connectivity index (χ1) is 11.2. The molecule has 0 atom stereocenters. The molecule has 1 aliphatic rings. The van der Waals surface area contributed by atoms with Crippen molar-refractivity contribution >= 4 is 11.6 Å². The molecule has 9 heteroatoms. The first-order valence-corrected chi connectivity index (χ1v) is 7.16. The minimum absolute atomic E-state index is 0.0964. The third-order valence-electron chi connectivity index (χ3n) is 3.32. The number of hydrogen-bond donors (Lipinski definition) is 1. The lowest BCUT2D eigenvalue weighted by atomic mass is 10.1. The van der Waals surface area contributed by atoms with Crippen LogP contribution in [0, 0.1) is 11.6 Å². The second kappa shape index (κ2) is 7.06. The molecular formula is C15H15F5N2O2. The summed E-state index contributed by atoms with van der Waals surface area (Å²) in [6, 6.07) is 2.35. The zero-order valence-corrected chi connectivity index (χ0v) is 12.7. The standard InChI is InChI=1S/C15H15F5N2O2/c1-2-3-12(23)21-6-9-4-5-10(14(17)13(9)16)22-7-11(24-8-22)15(18,19)20/h4-5,7H,2-3,6,8H2,1H3,(H,21,23). The number of benzene rings is 1. The topological polar surface area (TPSA) is 41.6 Å². The van der Waals surface area contributed by atoms with Crippen molar-refractivity contribution in [3.8, 4) is 0 Å². The normalized spacial score (nSPS) is 14.4. The van der Waals surface area contributed by atoms with Gasteiger partial charge in [-0.25, -0.2) is 8.78 Å². The molecule has 2 rings (SSSR count). The van der Waals surface area contributed by atoms with Crippen LogP contribution in [0.15, 0.2) is 24.1 Å². The maximum Gasteiger partial charge on any atom is 0.450 e. The monoisotopic (exact) mass is 350 g/mol. The Labute approximate surface area is 134 Å². The van der Waals surface area contributed by atoms with Gasteiger partial charge in [0.25, 0.3) is 0 Å². The van der Waals surface area contributed by atoms with E-state index >= 15 is 0 Å². The van der Waals surface area contributed by atoms with Crippen molar-refractivity contribution < 1.29 is 31.5 Å². The third-order valence-corrected chi connectivity index (χ3v) is 3.32. The number of ether oxygens (including phenoxy) is 1. The molecule has 1 aliphatic heterocycles. The zero-order valence-electron chi connectivity index (χ0n) is 12.7. The fourth-order valence-electron chi connectivity index (χ4n) is 2.10. The van der Waals surface area contributed by atoms with Gasteiger partial charge in [-0.05, 0) is 12.5 Å². The third kappa shape index (κ3) is 3.95. The van der Waals surface area contributed by atoms with Crippen molar-refractivity contribution in [2.45, 2.75) is 32.5 Å². The summed E-state index contributed by atoms with van der Waals surface area (Å²) < 4.78 is 70.1. The summed E-state index contributed by atoms with van der Waals surface area (Å²) >= 11 is 0. The molecule has 4 nitrogen and oxygen atoms in total. The maximum absolute atomic E-state index is 14.1. The van der Waals surface area contributed by atoms with E-state index in [2.05, 4.69) is 10.1 Å². The number of carbonyl (C=O) groups is 1. The summed E-state index contributed by atoms with van der Waals surface area (Å²) in [7, 11) is 0. The average Bonchev–Trinajstić information content (AvgIpc) is 2.99. The van der Waals surface area contributed by atoms with E-state index in [1.54, 1.807) is 6.92 Å². The average molecular weight is 350 g/mol. The van der Waals surface area contributed by atoms with Crippen LogP contribution in [0.2, 0.25) is 0 Å². The lowest BCUT2D eigenvalue weighted by molar-refractivity contribution is -0.126. The van der Waals surface area contributed by atoms with Gasteiger partial charge in [0.15, 0.2) is 18.4 Å². The van der Waals surface area contributed by atoms with Crippen LogP contribution in [-0.4, -0.2) is 18.8 Å². The number of nitrogens with zero attached hydrogens (tertiary/aromatic N) is 1. The molecule has 0 fully saturated rings. The molecule has 0 aromatic heterocycles. The van der Waals surface area contributed by atoms with Gasteiger partial charge >= 0.3 is 6.18 Å². The van der Waals surface area contributed by atoms with Crippen LogP contribution in [0.25, 0.3) is 0 Å². The molecule has 0 saturated heterocycles. The van der Waals surface area contributed by atoms with Crippen molar-refractivity contribution in [2.24, 2.45) is 0 Å². The van der Waals surface area contributed by atoms with E-state index < -0.39 is 30.3 Å². The Hall–Kier alpha value is -2.32.